The molecule has 94 valence electrons. The van der Waals surface area contributed by atoms with Crippen LogP contribution in [-0.2, 0) is 14.9 Å². The first-order chi connectivity index (χ1) is 7.19. The average molecular weight is 269 g/mol. The molecular formula is C7H15N3O4S2. The molecule has 1 unspecified atom stereocenters. The maximum absolute atomic E-state index is 11.4. The Kier molecular flexibility index (Phi) is 5.62. The van der Waals surface area contributed by atoms with Crippen LogP contribution in [-0.4, -0.2) is 32.7 Å². The Balaban J connectivity index is 4.68. The van der Waals surface area contributed by atoms with Crippen LogP contribution in [0.4, 0.5) is 4.79 Å². The molecular weight excluding hydrogens is 254 g/mol. The zero-order chi connectivity index (χ0) is 12.9. The molecule has 0 saturated heterocycles. The van der Waals surface area contributed by atoms with Gasteiger partial charge in [-0.3, -0.25) is 0 Å². The second kappa shape index (κ2) is 5.97. The average Bonchev–Trinajstić information content (AvgIpc) is 2.12. The molecule has 4 N–H and O–H groups in total. The van der Waals surface area contributed by atoms with Crippen molar-refractivity contribution in [1.29, 1.82) is 0 Å². The van der Waals surface area contributed by atoms with E-state index in [9.17, 15) is 13.2 Å². The summed E-state index contributed by atoms with van der Waals surface area (Å²) in [6, 6.07) is -0.725. The summed E-state index contributed by atoms with van der Waals surface area (Å²) >= 11 is 4.71. The number of methoxy groups -OCH3 is 1. The van der Waals surface area contributed by atoms with Gasteiger partial charge in [0.15, 0.2) is 0 Å². The minimum Gasteiger partial charge on any atom is -0.452 e. The largest absolute Gasteiger partial charge is 0.452 e. The van der Waals surface area contributed by atoms with Crippen molar-refractivity contribution in [2.75, 3.05) is 7.11 Å². The topological polar surface area (TPSA) is 111 Å². The van der Waals surface area contributed by atoms with Crippen LogP contribution in [0.5, 0.6) is 0 Å². The Morgan fingerprint density at radius 1 is 1.44 bits per heavy atom. The molecule has 0 aliphatic rings. The first-order valence-corrected chi connectivity index (χ1v) is 6.26. The molecule has 0 aromatic rings. The number of rotatable bonds is 5. The third kappa shape index (κ3) is 5.24. The Morgan fingerprint density at radius 2 is 1.94 bits per heavy atom. The van der Waals surface area contributed by atoms with E-state index in [0.717, 1.165) is 7.11 Å². The summed E-state index contributed by atoms with van der Waals surface area (Å²) in [5.74, 6) is -0.133. The predicted octanol–water partition coefficient (Wildman–Crippen LogP) is -0.512. The lowest BCUT2D eigenvalue weighted by Crippen LogP contribution is -2.51. The quantitative estimate of drug-likeness (QED) is 0.580. The van der Waals surface area contributed by atoms with Crippen molar-refractivity contribution in [2.45, 2.75) is 19.9 Å². The van der Waals surface area contributed by atoms with E-state index < -0.39 is 22.3 Å². The molecule has 0 aromatic carbocycles. The van der Waals surface area contributed by atoms with Crippen molar-refractivity contribution < 1.29 is 17.9 Å². The lowest BCUT2D eigenvalue weighted by atomic mass is 10.1. The molecule has 9 heteroatoms. The number of hydrogen-bond acceptors (Lipinski definition) is 5. The SMILES string of the molecule is COC(=O)NS(=O)(=O)NC(C(N)=S)C(C)C. The summed E-state index contributed by atoms with van der Waals surface area (Å²) in [6.45, 7) is 3.48. The Hall–Kier alpha value is -0.930. The van der Waals surface area contributed by atoms with Gasteiger partial charge in [-0.1, -0.05) is 26.1 Å². The van der Waals surface area contributed by atoms with E-state index in [-0.39, 0.29) is 10.9 Å². The molecule has 1 atom stereocenters. The number of nitrogens with one attached hydrogen (secondary N) is 2. The molecule has 7 nitrogen and oxygen atoms in total. The summed E-state index contributed by atoms with van der Waals surface area (Å²) in [6.07, 6.45) is -1.09. The highest BCUT2D eigenvalue weighted by atomic mass is 32.2. The molecule has 0 spiro atoms. The lowest BCUT2D eigenvalue weighted by molar-refractivity contribution is 0.177. The summed E-state index contributed by atoms with van der Waals surface area (Å²) in [4.78, 5) is 10.7. The van der Waals surface area contributed by atoms with E-state index in [1.807, 2.05) is 0 Å². The first kappa shape index (κ1) is 15.1. The van der Waals surface area contributed by atoms with Crippen molar-refractivity contribution in [2.24, 2.45) is 11.7 Å². The van der Waals surface area contributed by atoms with Gasteiger partial charge in [-0.2, -0.15) is 13.1 Å². The molecule has 0 radical (unpaired) electrons. The smallest absolute Gasteiger partial charge is 0.421 e. The fraction of sp³-hybridized carbons (Fsp3) is 0.714. The minimum atomic E-state index is -4.02. The van der Waals surface area contributed by atoms with E-state index in [4.69, 9.17) is 18.0 Å². The zero-order valence-corrected chi connectivity index (χ0v) is 10.8. The number of thiocarbonyl (C=S) groups is 1. The predicted molar refractivity (Wildman–Crippen MR) is 63.0 cm³/mol. The van der Waals surface area contributed by atoms with Crippen molar-refractivity contribution in [1.82, 2.24) is 9.44 Å². The van der Waals surface area contributed by atoms with E-state index in [2.05, 4.69) is 9.46 Å². The Bertz CT molecular complexity index is 366. The van der Waals surface area contributed by atoms with Gasteiger partial charge >= 0.3 is 16.3 Å². The number of hydrogen-bond donors (Lipinski definition) is 3. The van der Waals surface area contributed by atoms with Crippen molar-refractivity contribution in [3.8, 4) is 0 Å². The number of carbonyl (C=O) groups is 1. The fourth-order valence-electron chi connectivity index (χ4n) is 0.871. The second-order valence-electron chi connectivity index (χ2n) is 3.34. The lowest BCUT2D eigenvalue weighted by Gasteiger charge is -2.20. The van der Waals surface area contributed by atoms with Gasteiger partial charge in [0.2, 0.25) is 0 Å². The zero-order valence-electron chi connectivity index (χ0n) is 9.18. The van der Waals surface area contributed by atoms with E-state index in [0.29, 0.717) is 0 Å². The van der Waals surface area contributed by atoms with Crippen molar-refractivity contribution in [3.05, 3.63) is 0 Å². The molecule has 16 heavy (non-hydrogen) atoms. The van der Waals surface area contributed by atoms with E-state index >= 15 is 0 Å². The van der Waals surface area contributed by atoms with Crippen molar-refractivity contribution >= 4 is 33.5 Å². The van der Waals surface area contributed by atoms with Gasteiger partial charge in [0.25, 0.3) is 0 Å². The van der Waals surface area contributed by atoms with Crippen LogP contribution in [0.2, 0.25) is 0 Å². The van der Waals surface area contributed by atoms with Crippen LogP contribution in [0.3, 0.4) is 0 Å². The first-order valence-electron chi connectivity index (χ1n) is 4.37. The number of nitrogens with two attached hydrogens (primary N) is 1. The summed E-state index contributed by atoms with van der Waals surface area (Å²) < 4.78 is 30.7. The van der Waals surface area contributed by atoms with Crippen LogP contribution in [0.25, 0.3) is 0 Å². The molecule has 0 fully saturated rings. The number of ether oxygens (including phenoxy) is 1. The minimum absolute atomic E-state index is 0.00485. The van der Waals surface area contributed by atoms with Gasteiger partial charge in [-0.25, -0.2) is 9.52 Å². The summed E-state index contributed by atoms with van der Waals surface area (Å²) in [7, 11) is -2.97. The van der Waals surface area contributed by atoms with Crippen molar-refractivity contribution in [3.63, 3.8) is 0 Å². The molecule has 0 aliphatic carbocycles. The normalized spacial score (nSPS) is 13.2. The van der Waals surface area contributed by atoms with Gasteiger partial charge in [0.1, 0.15) is 0 Å². The Labute approximate surface area is 99.9 Å². The monoisotopic (exact) mass is 269 g/mol. The molecule has 1 amide bonds. The fourth-order valence-corrected chi connectivity index (χ4v) is 2.37. The molecule has 0 aliphatic heterocycles. The van der Waals surface area contributed by atoms with E-state index in [1.165, 1.54) is 0 Å². The number of amides is 1. The van der Waals surface area contributed by atoms with Gasteiger partial charge < -0.3 is 10.5 Å². The van der Waals surface area contributed by atoms with Crippen LogP contribution >= 0.6 is 12.2 Å². The third-order valence-electron chi connectivity index (χ3n) is 1.66. The van der Waals surface area contributed by atoms with Crippen LogP contribution < -0.4 is 15.2 Å². The molecule has 0 saturated carbocycles. The third-order valence-corrected chi connectivity index (χ3v) is 2.91. The summed E-state index contributed by atoms with van der Waals surface area (Å²) in [5, 5.41) is 0. The van der Waals surface area contributed by atoms with Crippen LogP contribution in [0.1, 0.15) is 13.8 Å². The van der Waals surface area contributed by atoms with E-state index in [1.54, 1.807) is 18.6 Å². The molecule has 0 bridgehead atoms. The van der Waals surface area contributed by atoms with Crippen LogP contribution in [0, 0.1) is 5.92 Å². The maximum Gasteiger partial charge on any atom is 0.421 e. The second-order valence-corrected chi connectivity index (χ2v) is 5.26. The van der Waals surface area contributed by atoms with Gasteiger partial charge in [0.05, 0.1) is 18.1 Å². The van der Waals surface area contributed by atoms with Gasteiger partial charge in [-0.05, 0) is 5.92 Å². The molecule has 0 rings (SSSR count). The standard InChI is InChI=1S/C7H15N3O4S2/c1-4(2)5(6(8)15)9-16(12,13)10-7(11)14-3/h4-5,9H,1-3H3,(H2,8,15)(H,10,11). The van der Waals surface area contributed by atoms with Gasteiger partial charge in [0, 0.05) is 0 Å². The highest BCUT2D eigenvalue weighted by Gasteiger charge is 2.24. The summed E-state index contributed by atoms with van der Waals surface area (Å²) in [5.41, 5.74) is 5.37. The highest BCUT2D eigenvalue weighted by Crippen LogP contribution is 2.03. The maximum atomic E-state index is 11.4. The Morgan fingerprint density at radius 3 is 2.25 bits per heavy atom. The highest BCUT2D eigenvalue weighted by molar-refractivity contribution is 7.88. The molecule has 0 heterocycles. The number of carbonyl (C=O) groups excluding carboxylic acids is 1. The molecule has 0 aromatic heterocycles. The van der Waals surface area contributed by atoms with Crippen LogP contribution in [0.15, 0.2) is 0 Å². The van der Waals surface area contributed by atoms with Gasteiger partial charge in [-0.15, -0.1) is 0 Å².